The molecule has 0 unspecified atom stereocenters. The van der Waals surface area contributed by atoms with Crippen LogP contribution in [0.1, 0.15) is 0 Å². The standard InChI is InChI=1S/C28H12S5/c1-3-17-23(13-9-11-29-15(1)13)25-19(31-17)5-7-21-27(25)28-22(33-21)8-6-20-26(28)24-14-10-12-30-16(14)2-4-18(24)32-20/h1-12H. The number of rotatable bonds is 0. The van der Waals surface area contributed by atoms with Crippen LogP contribution in [0.15, 0.2) is 71.4 Å². The summed E-state index contributed by atoms with van der Waals surface area (Å²) < 4.78 is 11.1. The molecule has 9 aromatic rings. The second-order valence-corrected chi connectivity index (χ2v) is 13.6. The molecule has 0 amide bonds. The van der Waals surface area contributed by atoms with Crippen LogP contribution in [-0.2, 0) is 0 Å². The molecule has 0 saturated heterocycles. The van der Waals surface area contributed by atoms with Crippen LogP contribution < -0.4 is 0 Å². The predicted molar refractivity (Wildman–Crippen MR) is 156 cm³/mol. The van der Waals surface area contributed by atoms with E-state index >= 15 is 0 Å². The van der Waals surface area contributed by atoms with Gasteiger partial charge in [-0.2, -0.15) is 0 Å². The minimum absolute atomic E-state index is 1.38. The van der Waals surface area contributed by atoms with Crippen LogP contribution in [0.5, 0.6) is 0 Å². The van der Waals surface area contributed by atoms with Crippen molar-refractivity contribution in [3.05, 3.63) is 71.4 Å². The molecule has 5 aromatic heterocycles. The normalized spacial score (nSPS) is 12.8. The zero-order valence-electron chi connectivity index (χ0n) is 17.0. The number of hydrogen-bond donors (Lipinski definition) is 0. The zero-order chi connectivity index (χ0) is 21.3. The van der Waals surface area contributed by atoms with Crippen molar-refractivity contribution in [3.8, 4) is 0 Å². The lowest BCUT2D eigenvalue weighted by Gasteiger charge is -2.02. The molecule has 33 heavy (non-hydrogen) atoms. The molecule has 0 nitrogen and oxygen atoms in total. The van der Waals surface area contributed by atoms with Crippen molar-refractivity contribution in [2.24, 2.45) is 0 Å². The Morgan fingerprint density at radius 1 is 0.303 bits per heavy atom. The van der Waals surface area contributed by atoms with Gasteiger partial charge >= 0.3 is 0 Å². The van der Waals surface area contributed by atoms with E-state index in [1.54, 1.807) is 0 Å². The quantitative estimate of drug-likeness (QED) is 0.191. The minimum atomic E-state index is 1.38. The van der Waals surface area contributed by atoms with Crippen LogP contribution in [0.2, 0.25) is 0 Å². The molecule has 0 aliphatic rings. The molecular weight excluding hydrogens is 497 g/mol. The Balaban J connectivity index is 1.66. The summed E-state index contributed by atoms with van der Waals surface area (Å²) in [5.41, 5.74) is 0. The van der Waals surface area contributed by atoms with Crippen LogP contribution in [0.25, 0.3) is 80.7 Å². The lowest BCUT2D eigenvalue weighted by atomic mass is 9.99. The lowest BCUT2D eigenvalue weighted by molar-refractivity contribution is 2.03. The molecule has 0 aliphatic carbocycles. The van der Waals surface area contributed by atoms with Crippen molar-refractivity contribution in [1.29, 1.82) is 0 Å². The topological polar surface area (TPSA) is 0 Å². The number of fused-ring (bicyclic) bond motifs is 15. The molecule has 0 N–H and O–H groups in total. The van der Waals surface area contributed by atoms with Gasteiger partial charge in [-0.15, -0.1) is 56.7 Å². The number of hydrogen-bond acceptors (Lipinski definition) is 5. The maximum Gasteiger partial charge on any atom is 0.0362 e. The summed E-state index contributed by atoms with van der Waals surface area (Å²) >= 11 is 9.50. The molecule has 0 bridgehead atoms. The second kappa shape index (κ2) is 6.12. The molecule has 4 aromatic carbocycles. The van der Waals surface area contributed by atoms with Crippen molar-refractivity contribution < 1.29 is 0 Å². The van der Waals surface area contributed by atoms with E-state index in [0.29, 0.717) is 0 Å². The molecular formula is C28H12S5. The van der Waals surface area contributed by atoms with E-state index in [0.717, 1.165) is 0 Å². The summed E-state index contributed by atoms with van der Waals surface area (Å²) in [6, 6.07) is 23.2. The molecule has 0 atom stereocenters. The van der Waals surface area contributed by atoms with Crippen molar-refractivity contribution in [1.82, 2.24) is 0 Å². The van der Waals surface area contributed by atoms with E-state index in [1.165, 1.54) is 80.7 Å². The first-order chi connectivity index (χ1) is 16.3. The fourth-order valence-corrected chi connectivity index (χ4v) is 10.5. The van der Waals surface area contributed by atoms with Gasteiger partial charge in [0.25, 0.3) is 0 Å². The highest BCUT2D eigenvalue weighted by Crippen LogP contribution is 2.51. The Kier molecular flexibility index (Phi) is 3.31. The van der Waals surface area contributed by atoms with Gasteiger partial charge in [0, 0.05) is 80.7 Å². The molecule has 0 radical (unpaired) electrons. The lowest BCUT2D eigenvalue weighted by Crippen LogP contribution is -1.74. The number of thiophene rings is 5. The average Bonchev–Trinajstić information content (AvgIpc) is 3.63. The Morgan fingerprint density at radius 3 is 1.00 bits per heavy atom. The summed E-state index contributed by atoms with van der Waals surface area (Å²) in [5, 5.41) is 16.0. The van der Waals surface area contributed by atoms with Gasteiger partial charge in [0.05, 0.1) is 0 Å². The van der Waals surface area contributed by atoms with E-state index in [2.05, 4.69) is 71.4 Å². The van der Waals surface area contributed by atoms with Gasteiger partial charge in [0.1, 0.15) is 0 Å². The summed E-state index contributed by atoms with van der Waals surface area (Å²) in [6.07, 6.45) is 0. The first-order valence-corrected chi connectivity index (χ1v) is 14.9. The van der Waals surface area contributed by atoms with Crippen LogP contribution in [0.4, 0.5) is 0 Å². The van der Waals surface area contributed by atoms with Crippen LogP contribution >= 0.6 is 56.7 Å². The van der Waals surface area contributed by atoms with Crippen molar-refractivity contribution in [3.63, 3.8) is 0 Å². The van der Waals surface area contributed by atoms with E-state index in [4.69, 9.17) is 0 Å². The van der Waals surface area contributed by atoms with Gasteiger partial charge in [0.2, 0.25) is 0 Å². The first-order valence-electron chi connectivity index (χ1n) is 10.7. The van der Waals surface area contributed by atoms with Gasteiger partial charge in [-0.1, -0.05) is 0 Å². The molecule has 154 valence electrons. The molecule has 0 aliphatic heterocycles. The maximum atomic E-state index is 2.35. The molecule has 0 saturated carbocycles. The summed E-state index contributed by atoms with van der Waals surface area (Å²) in [4.78, 5) is 0. The predicted octanol–water partition coefficient (Wildman–Crippen LogP) is 11.2. The highest BCUT2D eigenvalue weighted by molar-refractivity contribution is 7.29. The van der Waals surface area contributed by atoms with Gasteiger partial charge in [0.15, 0.2) is 0 Å². The molecule has 0 spiro atoms. The Morgan fingerprint density at radius 2 is 0.606 bits per heavy atom. The average molecular weight is 509 g/mol. The van der Waals surface area contributed by atoms with E-state index in [9.17, 15) is 0 Å². The Bertz CT molecular complexity index is 2080. The fraction of sp³-hybridized carbons (Fsp3) is 0. The summed E-state index contributed by atoms with van der Waals surface area (Å²) in [5.74, 6) is 0. The van der Waals surface area contributed by atoms with E-state index in [-0.39, 0.29) is 0 Å². The van der Waals surface area contributed by atoms with E-state index in [1.807, 2.05) is 56.7 Å². The summed E-state index contributed by atoms with van der Waals surface area (Å²) in [7, 11) is 0. The highest BCUT2D eigenvalue weighted by atomic mass is 32.1. The van der Waals surface area contributed by atoms with Crippen molar-refractivity contribution in [2.45, 2.75) is 0 Å². The SMILES string of the molecule is c1cc2c(ccc3sc4ccc5sc6ccc7sc8ccc9sccc9c8c7c6c5c4c32)s1. The van der Waals surface area contributed by atoms with Gasteiger partial charge in [-0.25, -0.2) is 0 Å². The number of benzene rings is 4. The fourth-order valence-electron chi connectivity index (χ4n) is 5.55. The van der Waals surface area contributed by atoms with Crippen molar-refractivity contribution >= 4 is 137 Å². The zero-order valence-corrected chi connectivity index (χ0v) is 21.1. The van der Waals surface area contributed by atoms with Gasteiger partial charge < -0.3 is 0 Å². The molecule has 9 rings (SSSR count). The molecule has 5 heteroatoms. The van der Waals surface area contributed by atoms with E-state index < -0.39 is 0 Å². The second-order valence-electron chi connectivity index (χ2n) is 8.47. The van der Waals surface area contributed by atoms with Crippen molar-refractivity contribution in [2.75, 3.05) is 0 Å². The van der Waals surface area contributed by atoms with Crippen LogP contribution in [-0.4, -0.2) is 0 Å². The third-order valence-corrected chi connectivity index (χ3v) is 12.0. The van der Waals surface area contributed by atoms with Crippen LogP contribution in [0, 0.1) is 0 Å². The summed E-state index contributed by atoms with van der Waals surface area (Å²) in [6.45, 7) is 0. The highest BCUT2D eigenvalue weighted by Gasteiger charge is 2.20. The maximum absolute atomic E-state index is 2.35. The Labute approximate surface area is 207 Å². The Hall–Kier alpha value is -2.54. The minimum Gasteiger partial charge on any atom is -0.144 e. The first kappa shape index (κ1) is 17.9. The van der Waals surface area contributed by atoms with Crippen LogP contribution in [0.3, 0.4) is 0 Å². The molecule has 5 heterocycles. The smallest absolute Gasteiger partial charge is 0.0362 e. The third-order valence-electron chi connectivity index (χ3n) is 6.86. The van der Waals surface area contributed by atoms with Gasteiger partial charge in [-0.05, 0) is 71.4 Å². The monoisotopic (exact) mass is 508 g/mol. The van der Waals surface area contributed by atoms with Gasteiger partial charge in [-0.3, -0.25) is 0 Å². The largest absolute Gasteiger partial charge is 0.144 e. The third kappa shape index (κ3) is 2.16. The molecule has 0 fully saturated rings.